The third kappa shape index (κ3) is 58.8. The zero-order valence-electron chi connectivity index (χ0n) is 47.6. The SMILES string of the molecule is CC/C=C\C/C=C\C/C=C\C/C=C\C/C=C\C/C=C\CCC(=O)OCC(COC(=O)CCCCCCCCCCCCCCCCCCC)OC(=O)CCCCCCCC/C=C\C/C=C\C/C=C\CCCCC. The van der Waals surface area contributed by atoms with Crippen LogP contribution in [0, 0.1) is 0 Å². The van der Waals surface area contributed by atoms with E-state index in [-0.39, 0.29) is 37.5 Å². The number of esters is 3. The predicted molar refractivity (Wildman–Crippen MR) is 316 cm³/mol. The number of carbonyl (C=O) groups is 3. The van der Waals surface area contributed by atoms with Gasteiger partial charge in [-0.25, -0.2) is 0 Å². The van der Waals surface area contributed by atoms with E-state index in [0.717, 1.165) is 103 Å². The van der Waals surface area contributed by atoms with Crippen LogP contribution in [0.2, 0.25) is 0 Å². The quantitative estimate of drug-likeness (QED) is 0.0261. The highest BCUT2D eigenvalue weighted by atomic mass is 16.6. The summed E-state index contributed by atoms with van der Waals surface area (Å²) in [5.41, 5.74) is 0. The van der Waals surface area contributed by atoms with Crippen molar-refractivity contribution in [1.82, 2.24) is 0 Å². The van der Waals surface area contributed by atoms with Gasteiger partial charge in [0.1, 0.15) is 13.2 Å². The largest absolute Gasteiger partial charge is 0.462 e. The molecule has 0 rings (SSSR count). The number of hydrogen-bond donors (Lipinski definition) is 0. The highest BCUT2D eigenvalue weighted by molar-refractivity contribution is 5.71. The van der Waals surface area contributed by atoms with Gasteiger partial charge in [-0.3, -0.25) is 14.4 Å². The maximum Gasteiger partial charge on any atom is 0.306 e. The summed E-state index contributed by atoms with van der Waals surface area (Å²) in [7, 11) is 0. The van der Waals surface area contributed by atoms with Crippen LogP contribution in [-0.4, -0.2) is 37.2 Å². The molecule has 0 aromatic heterocycles. The average Bonchev–Trinajstić information content (AvgIpc) is 3.39. The zero-order chi connectivity index (χ0) is 52.9. The lowest BCUT2D eigenvalue weighted by molar-refractivity contribution is -0.166. The number of carbonyl (C=O) groups excluding carboxylic acids is 3. The summed E-state index contributed by atoms with van der Waals surface area (Å²) in [6.07, 6.45) is 82.3. The molecule has 0 aromatic carbocycles. The Kier molecular flexibility index (Phi) is 57.4. The first-order chi connectivity index (χ1) is 36.0. The maximum absolute atomic E-state index is 12.9. The highest BCUT2D eigenvalue weighted by Crippen LogP contribution is 2.16. The van der Waals surface area contributed by atoms with E-state index in [2.05, 4.69) is 124 Å². The van der Waals surface area contributed by atoms with Crippen molar-refractivity contribution < 1.29 is 28.6 Å². The van der Waals surface area contributed by atoms with Crippen molar-refractivity contribution in [3.05, 3.63) is 109 Å². The Balaban J connectivity index is 4.52. The lowest BCUT2D eigenvalue weighted by Gasteiger charge is -2.18. The van der Waals surface area contributed by atoms with E-state index in [0.29, 0.717) is 19.3 Å². The highest BCUT2D eigenvalue weighted by Gasteiger charge is 2.19. The smallest absolute Gasteiger partial charge is 0.306 e. The monoisotopic (exact) mass is 1010 g/mol. The molecule has 0 N–H and O–H groups in total. The van der Waals surface area contributed by atoms with Crippen LogP contribution in [0.25, 0.3) is 0 Å². The summed E-state index contributed by atoms with van der Waals surface area (Å²) in [5, 5.41) is 0. The molecule has 1 atom stereocenters. The van der Waals surface area contributed by atoms with Gasteiger partial charge in [-0.15, -0.1) is 0 Å². The molecule has 0 aliphatic heterocycles. The molecule has 0 radical (unpaired) electrons. The zero-order valence-corrected chi connectivity index (χ0v) is 47.6. The maximum atomic E-state index is 12.9. The molecule has 0 saturated carbocycles. The van der Waals surface area contributed by atoms with E-state index < -0.39 is 6.10 Å². The van der Waals surface area contributed by atoms with Crippen molar-refractivity contribution in [2.24, 2.45) is 0 Å². The summed E-state index contributed by atoms with van der Waals surface area (Å²) in [6.45, 7) is 6.44. The average molecular weight is 1010 g/mol. The molecule has 0 aliphatic rings. The minimum atomic E-state index is -0.817. The van der Waals surface area contributed by atoms with Crippen LogP contribution in [0.4, 0.5) is 0 Å². The van der Waals surface area contributed by atoms with Crippen LogP contribution in [-0.2, 0) is 28.6 Å². The lowest BCUT2D eigenvalue weighted by atomic mass is 10.0. The fourth-order valence-corrected chi connectivity index (χ4v) is 8.24. The van der Waals surface area contributed by atoms with Crippen molar-refractivity contribution >= 4 is 17.9 Å². The van der Waals surface area contributed by atoms with Crippen molar-refractivity contribution in [1.29, 1.82) is 0 Å². The van der Waals surface area contributed by atoms with Crippen LogP contribution in [0.15, 0.2) is 109 Å². The van der Waals surface area contributed by atoms with E-state index in [9.17, 15) is 14.4 Å². The summed E-state index contributed by atoms with van der Waals surface area (Å²) in [6, 6.07) is 0. The van der Waals surface area contributed by atoms with Gasteiger partial charge in [-0.2, -0.15) is 0 Å². The van der Waals surface area contributed by atoms with E-state index in [4.69, 9.17) is 14.2 Å². The second-order valence-corrected chi connectivity index (χ2v) is 19.9. The van der Waals surface area contributed by atoms with Gasteiger partial charge in [0.2, 0.25) is 0 Å². The number of rotatable bonds is 54. The van der Waals surface area contributed by atoms with Crippen molar-refractivity contribution in [2.45, 2.75) is 284 Å². The summed E-state index contributed by atoms with van der Waals surface area (Å²) < 4.78 is 16.8. The standard InChI is InChI=1S/C67H112O6/c1-4-7-10-13-16-19-22-25-28-31-33-36-39-42-45-48-51-54-57-60-66(69)72-63-64(62-71-65(68)59-56-53-50-47-44-41-38-35-30-27-24-21-18-15-12-9-6-3)73-67(70)61-58-55-52-49-46-43-40-37-34-32-29-26-23-20-17-14-11-8-5-2/h7,10,16-17,19-20,25-26,28-29,33-34,36-37,42,45,51,54,64H,4-6,8-9,11-15,18,21-24,27,30-32,35,38-41,43-44,46-50,52-53,55-63H2,1-3H3/b10-7-,19-16-,20-17-,28-25-,29-26-,36-33-,37-34-,45-42-,54-51-. The van der Waals surface area contributed by atoms with Crippen LogP contribution in [0.5, 0.6) is 0 Å². The number of allylic oxidation sites excluding steroid dienone is 18. The molecule has 0 aliphatic carbocycles. The Hall–Kier alpha value is -3.93. The van der Waals surface area contributed by atoms with Crippen LogP contribution in [0.3, 0.4) is 0 Å². The van der Waals surface area contributed by atoms with Crippen LogP contribution < -0.4 is 0 Å². The first kappa shape index (κ1) is 69.1. The summed E-state index contributed by atoms with van der Waals surface area (Å²) >= 11 is 0. The van der Waals surface area contributed by atoms with Gasteiger partial charge < -0.3 is 14.2 Å². The van der Waals surface area contributed by atoms with Crippen molar-refractivity contribution in [3.63, 3.8) is 0 Å². The van der Waals surface area contributed by atoms with E-state index in [1.807, 2.05) is 6.08 Å². The van der Waals surface area contributed by atoms with Gasteiger partial charge in [0.05, 0.1) is 0 Å². The molecular formula is C67H112O6. The van der Waals surface area contributed by atoms with E-state index in [1.54, 1.807) is 0 Å². The normalized spacial score (nSPS) is 12.9. The van der Waals surface area contributed by atoms with E-state index >= 15 is 0 Å². The number of hydrogen-bond acceptors (Lipinski definition) is 6. The van der Waals surface area contributed by atoms with Gasteiger partial charge in [0.15, 0.2) is 6.10 Å². The molecule has 6 heteroatoms. The molecule has 0 spiro atoms. The Morgan fingerprint density at radius 3 is 0.945 bits per heavy atom. The Bertz CT molecular complexity index is 1490. The molecular weight excluding hydrogens is 901 g/mol. The van der Waals surface area contributed by atoms with Gasteiger partial charge >= 0.3 is 17.9 Å². The minimum Gasteiger partial charge on any atom is -0.462 e. The molecule has 0 saturated heterocycles. The first-order valence-corrected chi connectivity index (χ1v) is 30.4. The van der Waals surface area contributed by atoms with Gasteiger partial charge in [-0.05, 0) is 96.3 Å². The summed E-state index contributed by atoms with van der Waals surface area (Å²) in [5.74, 6) is -1.00. The topological polar surface area (TPSA) is 78.9 Å². The van der Waals surface area contributed by atoms with Crippen molar-refractivity contribution in [2.75, 3.05) is 13.2 Å². The molecule has 0 aromatic rings. The lowest BCUT2D eigenvalue weighted by Crippen LogP contribution is -2.30. The van der Waals surface area contributed by atoms with Crippen LogP contribution >= 0.6 is 0 Å². The van der Waals surface area contributed by atoms with Crippen LogP contribution in [0.1, 0.15) is 278 Å². The molecule has 0 heterocycles. The van der Waals surface area contributed by atoms with Gasteiger partial charge in [0.25, 0.3) is 0 Å². The third-order valence-electron chi connectivity index (χ3n) is 12.8. The molecule has 0 amide bonds. The second kappa shape index (κ2) is 60.6. The van der Waals surface area contributed by atoms with Crippen molar-refractivity contribution in [3.8, 4) is 0 Å². The van der Waals surface area contributed by atoms with Gasteiger partial charge in [0, 0.05) is 19.3 Å². The molecule has 6 nitrogen and oxygen atoms in total. The minimum absolute atomic E-state index is 0.106. The third-order valence-corrected chi connectivity index (χ3v) is 12.8. The fraction of sp³-hybridized carbons (Fsp3) is 0.687. The molecule has 0 fully saturated rings. The summed E-state index contributed by atoms with van der Waals surface area (Å²) in [4.78, 5) is 38.2. The molecule has 416 valence electrons. The number of unbranched alkanes of at least 4 members (excludes halogenated alkanes) is 25. The first-order valence-electron chi connectivity index (χ1n) is 30.4. The Morgan fingerprint density at radius 1 is 0.288 bits per heavy atom. The second-order valence-electron chi connectivity index (χ2n) is 19.9. The predicted octanol–water partition coefficient (Wildman–Crippen LogP) is 20.7. The van der Waals surface area contributed by atoms with E-state index in [1.165, 1.54) is 128 Å². The Morgan fingerprint density at radius 2 is 0.562 bits per heavy atom. The molecule has 1 unspecified atom stereocenters. The molecule has 73 heavy (non-hydrogen) atoms. The number of ether oxygens (including phenoxy) is 3. The molecule has 0 bridgehead atoms. The van der Waals surface area contributed by atoms with Gasteiger partial charge in [-0.1, -0.05) is 271 Å². The fourth-order valence-electron chi connectivity index (χ4n) is 8.24. The Labute approximate surface area is 450 Å².